The molecular weight excluding hydrogens is 360 g/mol. The second-order valence-electron chi connectivity index (χ2n) is 6.62. The van der Waals surface area contributed by atoms with Crippen molar-refractivity contribution < 1.29 is 12.8 Å². The smallest absolute Gasteiger partial charge is 0.233 e. The van der Waals surface area contributed by atoms with Gasteiger partial charge in [-0.3, -0.25) is 0 Å². The van der Waals surface area contributed by atoms with Crippen molar-refractivity contribution in [2.75, 3.05) is 11.9 Å². The lowest BCUT2D eigenvalue weighted by Gasteiger charge is -2.05. The number of anilines is 1. The summed E-state index contributed by atoms with van der Waals surface area (Å²) in [4.78, 5) is 4.55. The maximum atomic E-state index is 13.1. The Kier molecular flexibility index (Phi) is 5.65. The number of sulfone groups is 1. The molecule has 142 valence electrons. The number of hydrogen-bond acceptors (Lipinski definition) is 5. The van der Waals surface area contributed by atoms with Crippen LogP contribution in [0.3, 0.4) is 0 Å². The van der Waals surface area contributed by atoms with E-state index in [4.69, 9.17) is 4.42 Å². The van der Waals surface area contributed by atoms with E-state index in [0.29, 0.717) is 12.4 Å². The second-order valence-corrected chi connectivity index (χ2v) is 8.48. The van der Waals surface area contributed by atoms with Crippen molar-refractivity contribution in [1.29, 1.82) is 0 Å². The molecule has 0 saturated carbocycles. The Morgan fingerprint density at radius 2 is 1.56 bits per heavy atom. The van der Waals surface area contributed by atoms with E-state index in [0.717, 1.165) is 29.5 Å². The van der Waals surface area contributed by atoms with E-state index in [1.807, 2.05) is 38.1 Å². The van der Waals surface area contributed by atoms with Crippen LogP contribution in [0.5, 0.6) is 0 Å². The van der Waals surface area contributed by atoms with Crippen molar-refractivity contribution in [2.24, 2.45) is 0 Å². The Balaban J connectivity index is 2.06. The van der Waals surface area contributed by atoms with Gasteiger partial charge in [-0.1, -0.05) is 48.7 Å². The van der Waals surface area contributed by atoms with Crippen molar-refractivity contribution in [1.82, 2.24) is 4.98 Å². The topological polar surface area (TPSA) is 72.2 Å². The number of benzene rings is 2. The van der Waals surface area contributed by atoms with Crippen molar-refractivity contribution in [3.63, 3.8) is 0 Å². The van der Waals surface area contributed by atoms with E-state index in [1.165, 1.54) is 0 Å². The van der Waals surface area contributed by atoms with Crippen LogP contribution in [-0.2, 0) is 9.84 Å². The van der Waals surface area contributed by atoms with Crippen molar-refractivity contribution in [2.45, 2.75) is 43.5 Å². The van der Waals surface area contributed by atoms with Crippen molar-refractivity contribution in [3.8, 4) is 11.5 Å². The normalized spacial score (nSPS) is 11.5. The summed E-state index contributed by atoms with van der Waals surface area (Å²) in [6.07, 6.45) is 1.90. The van der Waals surface area contributed by atoms with Crippen LogP contribution < -0.4 is 5.32 Å². The van der Waals surface area contributed by atoms with Crippen molar-refractivity contribution >= 4 is 15.7 Å². The van der Waals surface area contributed by atoms with Gasteiger partial charge in [0.05, 0.1) is 4.90 Å². The summed E-state index contributed by atoms with van der Waals surface area (Å²) in [5.41, 5.74) is 2.85. The third-order valence-electron chi connectivity index (χ3n) is 4.30. The van der Waals surface area contributed by atoms with Gasteiger partial charge < -0.3 is 9.73 Å². The average Bonchev–Trinajstić information content (AvgIpc) is 3.08. The van der Waals surface area contributed by atoms with Crippen LogP contribution in [0.25, 0.3) is 11.5 Å². The van der Waals surface area contributed by atoms with E-state index in [2.05, 4.69) is 17.2 Å². The molecule has 0 amide bonds. The minimum Gasteiger partial charge on any atom is -0.419 e. The Morgan fingerprint density at radius 1 is 0.963 bits per heavy atom. The lowest BCUT2D eigenvalue weighted by Crippen LogP contribution is -2.08. The van der Waals surface area contributed by atoms with Gasteiger partial charge in [-0.05, 0) is 44.5 Å². The zero-order valence-corrected chi connectivity index (χ0v) is 16.6. The lowest BCUT2D eigenvalue weighted by atomic mass is 10.1. The molecular formula is C21H24N2O3S. The van der Waals surface area contributed by atoms with E-state index >= 15 is 0 Å². The van der Waals surface area contributed by atoms with Gasteiger partial charge in [0.2, 0.25) is 26.6 Å². The summed E-state index contributed by atoms with van der Waals surface area (Å²) in [5, 5.41) is 3.02. The van der Waals surface area contributed by atoms with E-state index in [9.17, 15) is 8.42 Å². The summed E-state index contributed by atoms with van der Waals surface area (Å²) >= 11 is 0. The first-order valence-corrected chi connectivity index (χ1v) is 10.5. The molecule has 27 heavy (non-hydrogen) atoms. The molecule has 0 bridgehead atoms. The predicted octanol–water partition coefficient (Wildman–Crippen LogP) is 5.00. The fourth-order valence-electron chi connectivity index (χ4n) is 2.63. The molecule has 3 rings (SSSR count). The lowest BCUT2D eigenvalue weighted by molar-refractivity contribution is 0.575. The maximum absolute atomic E-state index is 13.1. The Bertz CT molecular complexity index is 1000. The minimum absolute atomic E-state index is 0.0713. The van der Waals surface area contributed by atoms with Gasteiger partial charge in [-0.15, -0.1) is 0 Å². The van der Waals surface area contributed by atoms with Gasteiger partial charge in [0.25, 0.3) is 0 Å². The third kappa shape index (κ3) is 4.22. The van der Waals surface area contributed by atoms with Gasteiger partial charge in [-0.2, -0.15) is 4.98 Å². The van der Waals surface area contributed by atoms with Gasteiger partial charge in [0.1, 0.15) is 0 Å². The number of hydrogen-bond donors (Lipinski definition) is 1. The molecule has 0 aliphatic heterocycles. The highest BCUT2D eigenvalue weighted by atomic mass is 32.2. The molecule has 0 aliphatic rings. The summed E-state index contributed by atoms with van der Waals surface area (Å²) < 4.78 is 32.1. The summed E-state index contributed by atoms with van der Waals surface area (Å²) in [7, 11) is -3.79. The third-order valence-corrected chi connectivity index (χ3v) is 5.97. The zero-order valence-electron chi connectivity index (χ0n) is 15.8. The molecule has 0 spiro atoms. The Morgan fingerprint density at radius 3 is 2.15 bits per heavy atom. The second kappa shape index (κ2) is 7.96. The molecule has 1 N–H and O–H groups in total. The molecule has 0 saturated heterocycles. The van der Waals surface area contributed by atoms with Gasteiger partial charge in [0.15, 0.2) is 0 Å². The number of unbranched alkanes of at least 4 members (excludes halogenated alkanes) is 1. The Labute approximate surface area is 160 Å². The molecule has 6 heteroatoms. The highest BCUT2D eigenvalue weighted by Gasteiger charge is 2.28. The number of rotatable bonds is 7. The van der Waals surface area contributed by atoms with E-state index in [1.54, 1.807) is 24.3 Å². The predicted molar refractivity (Wildman–Crippen MR) is 107 cm³/mol. The summed E-state index contributed by atoms with van der Waals surface area (Å²) in [5.74, 6) is 0.485. The van der Waals surface area contributed by atoms with Crippen LogP contribution in [0.1, 0.15) is 30.9 Å². The van der Waals surface area contributed by atoms with Crippen LogP contribution in [-0.4, -0.2) is 19.9 Å². The van der Waals surface area contributed by atoms with Crippen LogP contribution in [0, 0.1) is 13.8 Å². The largest absolute Gasteiger partial charge is 0.419 e. The fourth-order valence-corrected chi connectivity index (χ4v) is 3.91. The Hall–Kier alpha value is -2.60. The number of aromatic nitrogens is 1. The maximum Gasteiger partial charge on any atom is 0.233 e. The number of oxazole rings is 1. The number of nitrogens with zero attached hydrogens (tertiary/aromatic N) is 1. The first-order valence-electron chi connectivity index (χ1n) is 9.05. The van der Waals surface area contributed by atoms with Crippen LogP contribution in [0.2, 0.25) is 0 Å². The fraction of sp³-hybridized carbons (Fsp3) is 0.286. The highest BCUT2D eigenvalue weighted by molar-refractivity contribution is 7.91. The van der Waals surface area contributed by atoms with Crippen molar-refractivity contribution in [3.05, 3.63) is 59.7 Å². The van der Waals surface area contributed by atoms with Crippen LogP contribution >= 0.6 is 0 Å². The minimum atomic E-state index is -3.79. The molecule has 0 radical (unpaired) electrons. The quantitative estimate of drug-likeness (QED) is 0.580. The summed E-state index contributed by atoms with van der Waals surface area (Å²) in [6, 6.07) is 14.4. The molecule has 0 unspecified atom stereocenters. The van der Waals surface area contributed by atoms with Gasteiger partial charge in [0, 0.05) is 12.1 Å². The van der Waals surface area contributed by atoms with Crippen LogP contribution in [0.15, 0.2) is 62.9 Å². The van der Waals surface area contributed by atoms with Gasteiger partial charge in [-0.25, -0.2) is 8.42 Å². The molecule has 2 aromatic carbocycles. The molecule has 1 aromatic heterocycles. The monoisotopic (exact) mass is 384 g/mol. The first-order chi connectivity index (χ1) is 12.9. The molecule has 0 atom stereocenters. The molecule has 1 heterocycles. The number of aryl methyl sites for hydroxylation is 2. The van der Waals surface area contributed by atoms with E-state index in [-0.39, 0.29) is 15.8 Å². The average molecular weight is 385 g/mol. The molecule has 0 fully saturated rings. The first kappa shape index (κ1) is 19.2. The molecule has 5 nitrogen and oxygen atoms in total. The van der Waals surface area contributed by atoms with Crippen LogP contribution in [0.4, 0.5) is 5.88 Å². The standard InChI is InChI=1S/C21H24N2O3S/c1-4-5-14-22-20-21(27(24,25)18-12-8-16(3)9-13-18)23-19(26-20)17-10-6-15(2)7-11-17/h6-13,22H,4-5,14H2,1-3H3. The number of nitrogens with one attached hydrogen (secondary N) is 1. The SMILES string of the molecule is CCCCNc1oc(-c2ccc(C)cc2)nc1S(=O)(=O)c1ccc(C)cc1. The highest BCUT2D eigenvalue weighted by Crippen LogP contribution is 2.32. The van der Waals surface area contributed by atoms with E-state index < -0.39 is 9.84 Å². The zero-order chi connectivity index (χ0) is 19.4. The summed E-state index contributed by atoms with van der Waals surface area (Å²) in [6.45, 7) is 6.60. The molecule has 0 aliphatic carbocycles. The molecule has 3 aromatic rings. The van der Waals surface area contributed by atoms with Gasteiger partial charge >= 0.3 is 0 Å².